The number of nitrogens with zero attached hydrogens (tertiary/aromatic N) is 1. The number of aliphatic hydroxyl groups is 1. The Balaban J connectivity index is 1.18. The van der Waals surface area contributed by atoms with E-state index >= 15 is 0 Å². The van der Waals surface area contributed by atoms with Crippen LogP contribution in [-0.4, -0.2) is 35.4 Å². The van der Waals surface area contributed by atoms with Gasteiger partial charge in [0.25, 0.3) is 0 Å². The summed E-state index contributed by atoms with van der Waals surface area (Å²) in [7, 11) is 0. The Morgan fingerprint density at radius 3 is 2.34 bits per heavy atom. The molecule has 1 aliphatic carbocycles. The van der Waals surface area contributed by atoms with Crippen LogP contribution in [0, 0.1) is 0 Å². The van der Waals surface area contributed by atoms with Crippen LogP contribution in [0.5, 0.6) is 0 Å². The van der Waals surface area contributed by atoms with Crippen molar-refractivity contribution in [2.75, 3.05) is 13.2 Å². The number of alkyl carbamates (subject to hydrolysis) is 1. The maximum atomic E-state index is 12.3. The van der Waals surface area contributed by atoms with Crippen molar-refractivity contribution < 1.29 is 14.6 Å². The van der Waals surface area contributed by atoms with Gasteiger partial charge < -0.3 is 20.9 Å². The number of amides is 1. The van der Waals surface area contributed by atoms with Crippen LogP contribution in [0.15, 0.2) is 72.8 Å². The van der Waals surface area contributed by atoms with Crippen LogP contribution in [0.2, 0.25) is 0 Å². The monoisotopic (exact) mass is 445 g/mol. The Labute approximate surface area is 189 Å². The van der Waals surface area contributed by atoms with Crippen molar-refractivity contribution >= 4 is 27.6 Å². The number of fused-ring (bicyclic) bond motifs is 4. The van der Waals surface area contributed by atoms with Crippen molar-refractivity contribution in [1.29, 1.82) is 0 Å². The van der Waals surface area contributed by atoms with E-state index < -0.39 is 18.2 Å². The van der Waals surface area contributed by atoms with E-state index in [0.29, 0.717) is 5.01 Å². The minimum Gasteiger partial charge on any atom is -0.449 e. The summed E-state index contributed by atoms with van der Waals surface area (Å²) in [6, 6.07) is 23.3. The molecule has 1 aliphatic rings. The number of nitrogens with one attached hydrogen (secondary N) is 1. The third kappa shape index (κ3) is 3.86. The summed E-state index contributed by atoms with van der Waals surface area (Å²) in [6.45, 7) is 0.309. The zero-order chi connectivity index (χ0) is 22.1. The van der Waals surface area contributed by atoms with Crippen LogP contribution in [0.25, 0.3) is 21.3 Å². The summed E-state index contributed by atoms with van der Waals surface area (Å²) in [5.41, 5.74) is 11.6. The van der Waals surface area contributed by atoms with Crippen molar-refractivity contribution in [3.63, 3.8) is 0 Å². The Hall–Kier alpha value is -3.26. The van der Waals surface area contributed by atoms with Gasteiger partial charge in [0.05, 0.1) is 16.3 Å². The maximum absolute atomic E-state index is 12.3. The summed E-state index contributed by atoms with van der Waals surface area (Å²) in [5.74, 6) is -0.00448. The highest BCUT2D eigenvalue weighted by molar-refractivity contribution is 7.18. The summed E-state index contributed by atoms with van der Waals surface area (Å²) in [6.07, 6.45) is -1.53. The molecule has 0 bridgehead atoms. The van der Waals surface area contributed by atoms with Gasteiger partial charge >= 0.3 is 6.09 Å². The van der Waals surface area contributed by atoms with Gasteiger partial charge in [0.1, 0.15) is 17.7 Å². The standard InChI is InChI=1S/C25H23N3O3S/c26-20(23(29)24-28-21-11-5-6-12-22(21)32-24)13-27-25(30)31-14-19-17-9-3-1-7-15(17)16-8-2-4-10-18(16)19/h1-12,19-20,23,29H,13-14,26H2,(H,27,30). The van der Waals surface area contributed by atoms with Gasteiger partial charge in [0.2, 0.25) is 0 Å². The number of carbonyl (C=O) groups excluding carboxylic acids is 1. The van der Waals surface area contributed by atoms with Gasteiger partial charge in [-0.15, -0.1) is 11.3 Å². The molecule has 0 saturated heterocycles. The van der Waals surface area contributed by atoms with Crippen LogP contribution >= 0.6 is 11.3 Å². The molecule has 0 fully saturated rings. The number of thiazole rings is 1. The SMILES string of the molecule is NC(CNC(=O)OCC1c2ccccc2-c2ccccc21)C(O)c1nc2ccccc2s1. The van der Waals surface area contributed by atoms with Gasteiger partial charge in [-0.3, -0.25) is 0 Å². The number of ether oxygens (including phenoxy) is 1. The lowest BCUT2D eigenvalue weighted by atomic mass is 9.98. The predicted octanol–water partition coefficient (Wildman–Crippen LogP) is 4.20. The molecule has 3 aromatic carbocycles. The van der Waals surface area contributed by atoms with Crippen LogP contribution in [0.4, 0.5) is 4.79 Å². The zero-order valence-corrected chi connectivity index (χ0v) is 18.1. The molecule has 1 aromatic heterocycles. The average molecular weight is 446 g/mol. The number of benzene rings is 3. The molecule has 5 rings (SSSR count). The predicted molar refractivity (Wildman–Crippen MR) is 126 cm³/mol. The highest BCUT2D eigenvalue weighted by atomic mass is 32.1. The molecule has 2 atom stereocenters. The fourth-order valence-electron chi connectivity index (χ4n) is 4.16. The van der Waals surface area contributed by atoms with E-state index in [2.05, 4.69) is 34.6 Å². The lowest BCUT2D eigenvalue weighted by Gasteiger charge is -2.18. The first kappa shape index (κ1) is 20.6. The first-order valence-corrected chi connectivity index (χ1v) is 11.3. The molecule has 4 N–H and O–H groups in total. The molecule has 162 valence electrons. The third-order valence-electron chi connectivity index (χ3n) is 5.79. The van der Waals surface area contributed by atoms with E-state index in [1.165, 1.54) is 22.5 Å². The quantitative estimate of drug-likeness (QED) is 0.413. The molecule has 0 radical (unpaired) electrons. The van der Waals surface area contributed by atoms with Crippen LogP contribution < -0.4 is 11.1 Å². The van der Waals surface area contributed by atoms with E-state index in [9.17, 15) is 9.90 Å². The number of aliphatic hydroxyl groups excluding tert-OH is 1. The molecule has 1 amide bonds. The van der Waals surface area contributed by atoms with Crippen molar-refractivity contribution in [3.05, 3.63) is 88.9 Å². The number of para-hydroxylation sites is 1. The molecular formula is C25H23N3O3S. The Kier molecular flexibility index (Phi) is 5.61. The van der Waals surface area contributed by atoms with Crippen molar-refractivity contribution in [2.45, 2.75) is 18.1 Å². The number of hydrogen-bond acceptors (Lipinski definition) is 6. The van der Waals surface area contributed by atoms with Gasteiger partial charge in [-0.2, -0.15) is 0 Å². The van der Waals surface area contributed by atoms with Crippen LogP contribution in [0.1, 0.15) is 28.2 Å². The molecular weight excluding hydrogens is 422 g/mol. The van der Waals surface area contributed by atoms with E-state index in [1.807, 2.05) is 48.5 Å². The zero-order valence-electron chi connectivity index (χ0n) is 17.3. The minimum absolute atomic E-state index is 0.00448. The van der Waals surface area contributed by atoms with E-state index in [0.717, 1.165) is 21.3 Å². The first-order valence-electron chi connectivity index (χ1n) is 10.5. The molecule has 32 heavy (non-hydrogen) atoms. The smallest absolute Gasteiger partial charge is 0.407 e. The number of hydrogen-bond donors (Lipinski definition) is 3. The Bertz CT molecular complexity index is 1190. The fraction of sp³-hybridized carbons (Fsp3) is 0.200. The number of carbonyl (C=O) groups is 1. The highest BCUT2D eigenvalue weighted by Crippen LogP contribution is 2.44. The molecule has 0 aliphatic heterocycles. The number of aromatic nitrogens is 1. The Morgan fingerprint density at radius 2 is 1.66 bits per heavy atom. The van der Waals surface area contributed by atoms with Crippen molar-refractivity contribution in [3.8, 4) is 11.1 Å². The molecule has 4 aromatic rings. The second-order valence-electron chi connectivity index (χ2n) is 7.83. The van der Waals surface area contributed by atoms with Gasteiger partial charge in [-0.25, -0.2) is 9.78 Å². The number of rotatable bonds is 6. The van der Waals surface area contributed by atoms with Crippen molar-refractivity contribution in [1.82, 2.24) is 10.3 Å². The summed E-state index contributed by atoms with van der Waals surface area (Å²) >= 11 is 1.40. The highest BCUT2D eigenvalue weighted by Gasteiger charge is 2.29. The largest absolute Gasteiger partial charge is 0.449 e. The fourth-order valence-corrected chi connectivity index (χ4v) is 5.19. The molecule has 6 nitrogen and oxygen atoms in total. The maximum Gasteiger partial charge on any atom is 0.407 e. The average Bonchev–Trinajstić information content (AvgIpc) is 3.40. The topological polar surface area (TPSA) is 97.5 Å². The lowest BCUT2D eigenvalue weighted by molar-refractivity contribution is 0.128. The third-order valence-corrected chi connectivity index (χ3v) is 6.90. The van der Waals surface area contributed by atoms with E-state index in [4.69, 9.17) is 10.5 Å². The Morgan fingerprint density at radius 1 is 1.03 bits per heavy atom. The van der Waals surface area contributed by atoms with E-state index in [1.54, 1.807) is 0 Å². The van der Waals surface area contributed by atoms with Crippen molar-refractivity contribution in [2.24, 2.45) is 5.73 Å². The molecule has 7 heteroatoms. The lowest BCUT2D eigenvalue weighted by Crippen LogP contribution is -2.41. The number of nitrogens with two attached hydrogens (primary N) is 1. The van der Waals surface area contributed by atoms with Gasteiger partial charge in [0, 0.05) is 12.5 Å². The van der Waals surface area contributed by atoms with Crippen LogP contribution in [0.3, 0.4) is 0 Å². The van der Waals surface area contributed by atoms with Gasteiger partial charge in [-0.05, 0) is 34.4 Å². The van der Waals surface area contributed by atoms with Gasteiger partial charge in [-0.1, -0.05) is 60.7 Å². The van der Waals surface area contributed by atoms with Crippen LogP contribution in [-0.2, 0) is 4.74 Å². The molecule has 1 heterocycles. The van der Waals surface area contributed by atoms with Gasteiger partial charge in [0.15, 0.2) is 0 Å². The first-order chi connectivity index (χ1) is 15.6. The molecule has 0 spiro atoms. The second kappa shape index (κ2) is 8.70. The molecule has 2 unspecified atom stereocenters. The normalized spacial score (nSPS) is 14.6. The summed E-state index contributed by atoms with van der Waals surface area (Å²) in [4.78, 5) is 16.8. The van der Waals surface area contributed by atoms with E-state index in [-0.39, 0.29) is 19.1 Å². The second-order valence-corrected chi connectivity index (χ2v) is 8.90. The summed E-state index contributed by atoms with van der Waals surface area (Å²) < 4.78 is 6.51. The molecule has 0 saturated carbocycles. The summed E-state index contributed by atoms with van der Waals surface area (Å²) in [5, 5.41) is 13.8. The minimum atomic E-state index is -0.971.